The van der Waals surface area contributed by atoms with E-state index in [9.17, 15) is 13.2 Å². The molecule has 0 N–H and O–H groups in total. The molecule has 0 aromatic heterocycles. The average Bonchev–Trinajstić information content (AvgIpc) is 2.08. The molecule has 64 valence electrons. The molecule has 1 saturated heterocycles. The van der Waals surface area contributed by atoms with Gasteiger partial charge < -0.3 is 4.74 Å². The SMILES string of the molecule is CC(=O)OC1COS(=O)(=O)C1. The van der Waals surface area contributed by atoms with Crippen molar-refractivity contribution in [1.82, 2.24) is 0 Å². The van der Waals surface area contributed by atoms with E-state index in [4.69, 9.17) is 0 Å². The first-order chi connectivity index (χ1) is 4.99. The molecule has 1 heterocycles. The largest absolute Gasteiger partial charge is 0.459 e. The topological polar surface area (TPSA) is 69.7 Å². The maximum absolute atomic E-state index is 10.6. The van der Waals surface area contributed by atoms with Gasteiger partial charge in [-0.05, 0) is 0 Å². The van der Waals surface area contributed by atoms with Crippen molar-refractivity contribution >= 4 is 16.1 Å². The summed E-state index contributed by atoms with van der Waals surface area (Å²) in [7, 11) is -3.42. The zero-order chi connectivity index (χ0) is 8.48. The van der Waals surface area contributed by atoms with Crippen LogP contribution in [0, 0.1) is 0 Å². The second kappa shape index (κ2) is 2.78. The molecule has 0 saturated carbocycles. The second-order valence-corrected chi connectivity index (χ2v) is 3.92. The van der Waals surface area contributed by atoms with Crippen LogP contribution in [0.1, 0.15) is 6.92 Å². The first-order valence-corrected chi connectivity index (χ1v) is 4.62. The molecule has 5 nitrogen and oxygen atoms in total. The monoisotopic (exact) mass is 180 g/mol. The summed E-state index contributed by atoms with van der Waals surface area (Å²) in [6.07, 6.45) is -0.627. The summed E-state index contributed by atoms with van der Waals surface area (Å²) in [5.74, 6) is -0.720. The molecular formula is C5H8O5S. The lowest BCUT2D eigenvalue weighted by molar-refractivity contribution is -0.145. The molecular weight excluding hydrogens is 172 g/mol. The normalized spacial score (nSPS) is 28.3. The molecule has 6 heteroatoms. The minimum atomic E-state index is -3.42. The first kappa shape index (κ1) is 8.48. The molecule has 0 amide bonds. The van der Waals surface area contributed by atoms with E-state index in [1.807, 2.05) is 0 Å². The Balaban J connectivity index is 2.49. The Morgan fingerprint density at radius 1 is 1.64 bits per heavy atom. The van der Waals surface area contributed by atoms with Gasteiger partial charge in [0.2, 0.25) is 0 Å². The van der Waals surface area contributed by atoms with E-state index >= 15 is 0 Å². The quantitative estimate of drug-likeness (QED) is 0.393. The summed E-state index contributed by atoms with van der Waals surface area (Å²) < 4.78 is 30.2. The molecule has 0 aliphatic carbocycles. The van der Waals surface area contributed by atoms with E-state index < -0.39 is 22.2 Å². The molecule has 0 aromatic rings. The summed E-state index contributed by atoms with van der Waals surface area (Å²) in [6.45, 7) is 1.17. The Morgan fingerprint density at radius 3 is 2.64 bits per heavy atom. The number of carbonyl (C=O) groups is 1. The standard InChI is InChI=1S/C5H8O5S/c1-4(6)10-5-2-9-11(7,8)3-5/h5H,2-3H2,1H3. The molecule has 1 unspecified atom stereocenters. The van der Waals surface area contributed by atoms with Gasteiger partial charge in [0.15, 0.2) is 0 Å². The smallest absolute Gasteiger partial charge is 0.303 e. The lowest BCUT2D eigenvalue weighted by atomic mass is 10.4. The zero-order valence-electron chi connectivity index (χ0n) is 5.94. The van der Waals surface area contributed by atoms with Gasteiger partial charge in [-0.1, -0.05) is 0 Å². The molecule has 1 aliphatic rings. The predicted molar refractivity (Wildman–Crippen MR) is 35.3 cm³/mol. The van der Waals surface area contributed by atoms with Crippen LogP contribution in [0.4, 0.5) is 0 Å². The third kappa shape index (κ3) is 2.47. The van der Waals surface area contributed by atoms with Crippen molar-refractivity contribution in [1.29, 1.82) is 0 Å². The lowest BCUT2D eigenvalue weighted by Crippen LogP contribution is -2.19. The van der Waals surface area contributed by atoms with Crippen molar-refractivity contribution in [3.8, 4) is 0 Å². The van der Waals surface area contributed by atoms with Gasteiger partial charge in [-0.25, -0.2) is 0 Å². The first-order valence-electron chi connectivity index (χ1n) is 3.04. The van der Waals surface area contributed by atoms with Crippen molar-refractivity contribution < 1.29 is 22.1 Å². The highest BCUT2D eigenvalue weighted by Gasteiger charge is 2.30. The van der Waals surface area contributed by atoms with Crippen LogP contribution in [0.25, 0.3) is 0 Å². The third-order valence-electron chi connectivity index (χ3n) is 1.16. The van der Waals surface area contributed by atoms with E-state index in [0.29, 0.717) is 0 Å². The van der Waals surface area contributed by atoms with Crippen LogP contribution in [0.5, 0.6) is 0 Å². The highest BCUT2D eigenvalue weighted by atomic mass is 32.2. The van der Waals surface area contributed by atoms with E-state index in [1.165, 1.54) is 6.92 Å². The van der Waals surface area contributed by atoms with Gasteiger partial charge in [0.05, 0.1) is 0 Å². The molecule has 1 atom stereocenters. The van der Waals surface area contributed by atoms with Gasteiger partial charge in [0, 0.05) is 6.92 Å². The zero-order valence-corrected chi connectivity index (χ0v) is 6.76. The predicted octanol–water partition coefficient (Wildman–Crippen LogP) is -0.722. The van der Waals surface area contributed by atoms with E-state index in [-0.39, 0.29) is 12.4 Å². The van der Waals surface area contributed by atoms with Crippen LogP contribution < -0.4 is 0 Å². The minimum absolute atomic E-state index is 0.0537. The summed E-state index contributed by atoms with van der Waals surface area (Å²) in [6, 6.07) is 0. The Kier molecular flexibility index (Phi) is 2.15. The van der Waals surface area contributed by atoms with Crippen LogP contribution in [0.3, 0.4) is 0 Å². The van der Waals surface area contributed by atoms with Crippen molar-refractivity contribution in [2.75, 3.05) is 12.4 Å². The van der Waals surface area contributed by atoms with Gasteiger partial charge in [0.1, 0.15) is 18.5 Å². The van der Waals surface area contributed by atoms with Gasteiger partial charge in [-0.15, -0.1) is 0 Å². The number of esters is 1. The fourth-order valence-electron chi connectivity index (χ4n) is 0.806. The maximum atomic E-state index is 10.6. The molecule has 11 heavy (non-hydrogen) atoms. The van der Waals surface area contributed by atoms with Crippen LogP contribution >= 0.6 is 0 Å². The van der Waals surface area contributed by atoms with Gasteiger partial charge >= 0.3 is 5.97 Å². The van der Waals surface area contributed by atoms with Crippen LogP contribution in [-0.2, 0) is 23.8 Å². The van der Waals surface area contributed by atoms with Gasteiger partial charge in [-0.2, -0.15) is 8.42 Å². The highest BCUT2D eigenvalue weighted by Crippen LogP contribution is 2.11. The number of hydrogen-bond donors (Lipinski definition) is 0. The molecule has 0 radical (unpaired) electrons. The van der Waals surface area contributed by atoms with Crippen LogP contribution in [-0.4, -0.2) is 32.9 Å². The lowest BCUT2D eigenvalue weighted by Gasteiger charge is -2.04. The Hall–Kier alpha value is -0.620. The Bertz CT molecular complexity index is 254. The number of hydrogen-bond acceptors (Lipinski definition) is 5. The fraction of sp³-hybridized carbons (Fsp3) is 0.800. The van der Waals surface area contributed by atoms with Crippen molar-refractivity contribution in [3.05, 3.63) is 0 Å². The highest BCUT2D eigenvalue weighted by molar-refractivity contribution is 7.87. The molecule has 1 aliphatic heterocycles. The summed E-state index contributed by atoms with van der Waals surface area (Å²) in [4.78, 5) is 10.3. The van der Waals surface area contributed by atoms with Crippen molar-refractivity contribution in [3.63, 3.8) is 0 Å². The Labute approximate surface area is 64.4 Å². The molecule has 0 spiro atoms. The molecule has 1 fully saturated rings. The summed E-state index contributed by atoms with van der Waals surface area (Å²) in [5, 5.41) is 0. The average molecular weight is 180 g/mol. The van der Waals surface area contributed by atoms with Gasteiger partial charge in [-0.3, -0.25) is 8.98 Å². The number of ether oxygens (including phenoxy) is 1. The molecule has 0 aromatic carbocycles. The maximum Gasteiger partial charge on any atom is 0.303 e. The van der Waals surface area contributed by atoms with Crippen LogP contribution in [0.15, 0.2) is 0 Å². The number of carbonyl (C=O) groups excluding carboxylic acids is 1. The summed E-state index contributed by atoms with van der Waals surface area (Å²) >= 11 is 0. The van der Waals surface area contributed by atoms with Crippen molar-refractivity contribution in [2.24, 2.45) is 0 Å². The fourth-order valence-corrected chi connectivity index (χ4v) is 1.88. The van der Waals surface area contributed by atoms with Crippen molar-refractivity contribution in [2.45, 2.75) is 13.0 Å². The van der Waals surface area contributed by atoms with E-state index in [2.05, 4.69) is 8.92 Å². The minimum Gasteiger partial charge on any atom is -0.459 e. The third-order valence-corrected chi connectivity index (χ3v) is 2.43. The van der Waals surface area contributed by atoms with E-state index in [1.54, 1.807) is 0 Å². The molecule has 1 rings (SSSR count). The van der Waals surface area contributed by atoms with E-state index in [0.717, 1.165) is 0 Å². The summed E-state index contributed by atoms with van der Waals surface area (Å²) in [5.41, 5.74) is 0. The van der Waals surface area contributed by atoms with Gasteiger partial charge in [0.25, 0.3) is 10.1 Å². The second-order valence-electron chi connectivity index (χ2n) is 2.24. The molecule has 0 bridgehead atoms. The van der Waals surface area contributed by atoms with Crippen LogP contribution in [0.2, 0.25) is 0 Å². The Morgan fingerprint density at radius 2 is 2.27 bits per heavy atom. The number of rotatable bonds is 1.